The predicted octanol–water partition coefficient (Wildman–Crippen LogP) is 2.17. The summed E-state index contributed by atoms with van der Waals surface area (Å²) >= 11 is 0. The van der Waals surface area contributed by atoms with E-state index in [0.717, 1.165) is 7.11 Å². The topological polar surface area (TPSA) is 74.4 Å². The van der Waals surface area contributed by atoms with Gasteiger partial charge in [-0.25, -0.2) is 4.98 Å². The number of rotatable bonds is 4. The Morgan fingerprint density at radius 3 is 2.27 bits per heavy atom. The fraction of sp³-hybridized carbons (Fsp3) is 0.455. The van der Waals surface area contributed by atoms with Gasteiger partial charge in [-0.2, -0.15) is 13.2 Å². The number of ether oxygens (including phenoxy) is 2. The van der Waals surface area contributed by atoms with Crippen LogP contribution in [0, 0.1) is 0 Å². The number of methoxy groups -OCH3 is 1. The van der Waals surface area contributed by atoms with Gasteiger partial charge in [0.05, 0.1) is 13.5 Å². The first-order chi connectivity index (χ1) is 9.97. The number of halogens is 6. The molecule has 0 atom stereocenters. The van der Waals surface area contributed by atoms with Gasteiger partial charge in [-0.15, -0.1) is 13.2 Å². The third-order valence-corrected chi connectivity index (χ3v) is 2.45. The molecular weight excluding hydrogens is 322 g/mol. The highest BCUT2D eigenvalue weighted by Gasteiger charge is 2.39. The zero-order valence-corrected chi connectivity index (χ0v) is 11.0. The van der Waals surface area contributed by atoms with Crippen molar-refractivity contribution in [1.82, 2.24) is 4.98 Å². The van der Waals surface area contributed by atoms with E-state index < -0.39 is 54.2 Å². The number of carbonyl (C=O) groups excluding carboxylic acids is 1. The molecule has 0 aliphatic rings. The Labute approximate surface area is 120 Å². The van der Waals surface area contributed by atoms with Gasteiger partial charge >= 0.3 is 18.5 Å². The first kappa shape index (κ1) is 18.0. The van der Waals surface area contributed by atoms with Crippen molar-refractivity contribution in [2.24, 2.45) is 5.73 Å². The van der Waals surface area contributed by atoms with Crippen LogP contribution in [-0.2, 0) is 28.7 Å². The summed E-state index contributed by atoms with van der Waals surface area (Å²) < 4.78 is 82.8. The lowest BCUT2D eigenvalue weighted by Crippen LogP contribution is -2.22. The van der Waals surface area contributed by atoms with Crippen LogP contribution in [0.25, 0.3) is 0 Å². The molecule has 0 saturated heterocycles. The van der Waals surface area contributed by atoms with Gasteiger partial charge < -0.3 is 15.2 Å². The number of aromatic nitrogens is 1. The quantitative estimate of drug-likeness (QED) is 0.676. The van der Waals surface area contributed by atoms with Gasteiger partial charge in [0.1, 0.15) is 0 Å². The number of nitrogens with two attached hydrogens (primary N) is 1. The summed E-state index contributed by atoms with van der Waals surface area (Å²) in [5.74, 6) is -2.29. The first-order valence-electron chi connectivity index (χ1n) is 5.60. The molecule has 5 nitrogen and oxygen atoms in total. The third kappa shape index (κ3) is 4.76. The van der Waals surface area contributed by atoms with Gasteiger partial charge in [-0.1, -0.05) is 0 Å². The zero-order valence-electron chi connectivity index (χ0n) is 11.0. The molecule has 0 amide bonds. The van der Waals surface area contributed by atoms with Crippen LogP contribution in [0.5, 0.6) is 5.88 Å². The van der Waals surface area contributed by atoms with Crippen molar-refractivity contribution < 1.29 is 40.6 Å². The fourth-order valence-corrected chi connectivity index (χ4v) is 1.62. The van der Waals surface area contributed by atoms with Gasteiger partial charge in [0.15, 0.2) is 5.69 Å². The molecular formula is C11H10F6N2O3. The lowest BCUT2D eigenvalue weighted by molar-refractivity contribution is -0.276. The average Bonchev–Trinajstić information content (AvgIpc) is 2.35. The van der Waals surface area contributed by atoms with E-state index >= 15 is 0 Å². The molecule has 11 heteroatoms. The van der Waals surface area contributed by atoms with Crippen molar-refractivity contribution >= 4 is 5.97 Å². The van der Waals surface area contributed by atoms with E-state index in [1.807, 2.05) is 0 Å². The first-order valence-corrected chi connectivity index (χ1v) is 5.60. The summed E-state index contributed by atoms with van der Waals surface area (Å²) in [6, 6.07) is 0.571. The average molecular weight is 332 g/mol. The lowest BCUT2D eigenvalue weighted by atomic mass is 10.0. The molecule has 0 unspecified atom stereocenters. The van der Waals surface area contributed by atoms with Gasteiger partial charge in [-0.3, -0.25) is 4.79 Å². The Morgan fingerprint density at radius 2 is 1.86 bits per heavy atom. The second-order valence-corrected chi connectivity index (χ2v) is 3.95. The molecule has 1 heterocycles. The van der Waals surface area contributed by atoms with Gasteiger partial charge in [0.2, 0.25) is 5.88 Å². The molecule has 1 rings (SSSR count). The number of pyridine rings is 1. The molecule has 1 aromatic heterocycles. The highest BCUT2D eigenvalue weighted by Crippen LogP contribution is 2.35. The van der Waals surface area contributed by atoms with Crippen LogP contribution < -0.4 is 10.5 Å². The Kier molecular flexibility index (Phi) is 5.22. The number of hydrogen-bond acceptors (Lipinski definition) is 5. The molecule has 0 aliphatic carbocycles. The van der Waals surface area contributed by atoms with Crippen LogP contribution in [0.2, 0.25) is 0 Å². The SMILES string of the molecule is COC(=O)Cc1cc(OC(F)(F)F)nc(C(F)(F)F)c1CN. The molecule has 0 bridgehead atoms. The van der Waals surface area contributed by atoms with Crippen molar-refractivity contribution in [3.63, 3.8) is 0 Å². The Morgan fingerprint density at radius 1 is 1.27 bits per heavy atom. The van der Waals surface area contributed by atoms with Gasteiger partial charge in [-0.05, 0) is 5.56 Å². The highest BCUT2D eigenvalue weighted by atomic mass is 19.4. The van der Waals surface area contributed by atoms with Crippen LogP contribution in [0.15, 0.2) is 6.07 Å². The molecule has 1 aromatic rings. The van der Waals surface area contributed by atoms with E-state index in [0.29, 0.717) is 6.07 Å². The molecule has 0 spiro atoms. The maximum atomic E-state index is 12.9. The van der Waals surface area contributed by atoms with E-state index in [1.54, 1.807) is 0 Å². The van der Waals surface area contributed by atoms with Crippen molar-refractivity contribution in [3.8, 4) is 5.88 Å². The summed E-state index contributed by atoms with van der Waals surface area (Å²) in [4.78, 5) is 14.0. The van der Waals surface area contributed by atoms with Crippen LogP contribution >= 0.6 is 0 Å². The van der Waals surface area contributed by atoms with Gasteiger partial charge in [0, 0.05) is 18.2 Å². The number of hydrogen-bond donors (Lipinski definition) is 1. The summed E-state index contributed by atoms with van der Waals surface area (Å²) in [6.07, 6.45) is -11.0. The van der Waals surface area contributed by atoms with Gasteiger partial charge in [0.25, 0.3) is 0 Å². The van der Waals surface area contributed by atoms with Crippen LogP contribution in [0.3, 0.4) is 0 Å². The van der Waals surface area contributed by atoms with Crippen LogP contribution in [0.1, 0.15) is 16.8 Å². The van der Waals surface area contributed by atoms with E-state index in [4.69, 9.17) is 5.73 Å². The standard InChI is InChI=1S/C11H10F6N2O3/c1-21-8(20)3-5-2-7(22-11(15,16)17)19-9(6(5)4-18)10(12,13)14/h2H,3-4,18H2,1H3. The second-order valence-electron chi connectivity index (χ2n) is 3.95. The van der Waals surface area contributed by atoms with Crippen LogP contribution in [0.4, 0.5) is 26.3 Å². The van der Waals surface area contributed by atoms with Crippen molar-refractivity contribution in [3.05, 3.63) is 22.9 Å². The van der Waals surface area contributed by atoms with Crippen molar-refractivity contribution in [2.75, 3.05) is 7.11 Å². The summed E-state index contributed by atoms with van der Waals surface area (Å²) in [5, 5.41) is 0. The third-order valence-electron chi connectivity index (χ3n) is 2.45. The molecule has 22 heavy (non-hydrogen) atoms. The highest BCUT2D eigenvalue weighted by molar-refractivity contribution is 5.73. The molecule has 2 N–H and O–H groups in total. The smallest absolute Gasteiger partial charge is 0.469 e. The minimum absolute atomic E-state index is 0.407. The Bertz CT molecular complexity index is 556. The van der Waals surface area contributed by atoms with E-state index in [2.05, 4.69) is 14.5 Å². The molecule has 124 valence electrons. The monoisotopic (exact) mass is 332 g/mol. The number of nitrogens with zero attached hydrogens (tertiary/aromatic N) is 1. The maximum Gasteiger partial charge on any atom is 0.574 e. The summed E-state index contributed by atoms with van der Waals surface area (Å²) in [5.41, 5.74) is 2.53. The summed E-state index contributed by atoms with van der Waals surface area (Å²) in [7, 11) is 0.976. The lowest BCUT2D eigenvalue weighted by Gasteiger charge is -2.17. The molecule has 0 saturated carbocycles. The maximum absolute atomic E-state index is 12.9. The number of alkyl halides is 6. The Hall–Kier alpha value is -2.04. The van der Waals surface area contributed by atoms with Crippen LogP contribution in [-0.4, -0.2) is 24.4 Å². The normalized spacial score (nSPS) is 12.2. The number of esters is 1. The minimum Gasteiger partial charge on any atom is -0.469 e. The number of carbonyl (C=O) groups is 1. The molecule has 0 aliphatic heterocycles. The van der Waals surface area contributed by atoms with E-state index in [9.17, 15) is 31.1 Å². The minimum atomic E-state index is -5.23. The van der Waals surface area contributed by atoms with E-state index in [1.165, 1.54) is 0 Å². The molecule has 0 aromatic carbocycles. The second kappa shape index (κ2) is 6.38. The predicted molar refractivity (Wildman–Crippen MR) is 59.5 cm³/mol. The fourth-order valence-electron chi connectivity index (χ4n) is 1.62. The van der Waals surface area contributed by atoms with Crippen molar-refractivity contribution in [2.45, 2.75) is 25.5 Å². The van der Waals surface area contributed by atoms with E-state index in [-0.39, 0.29) is 0 Å². The summed E-state index contributed by atoms with van der Waals surface area (Å²) in [6.45, 7) is -0.680. The largest absolute Gasteiger partial charge is 0.574 e. The zero-order chi connectivity index (χ0) is 17.1. The molecule has 0 radical (unpaired) electrons. The molecule has 0 fully saturated rings. The Balaban J connectivity index is 3.44. The van der Waals surface area contributed by atoms with Crippen molar-refractivity contribution in [1.29, 1.82) is 0 Å².